The maximum Gasteiger partial charge on any atom is 0.171 e. The molecule has 2 aromatic heterocycles. The number of hydrogen-bond acceptors (Lipinski definition) is 3. The first-order chi connectivity index (χ1) is 22.6. The second-order valence-electron chi connectivity index (χ2n) is 11.6. The van der Waals surface area contributed by atoms with Crippen LogP contribution in [0.15, 0.2) is 152 Å². The van der Waals surface area contributed by atoms with E-state index in [0.717, 1.165) is 71.5 Å². The third-order valence-electron chi connectivity index (χ3n) is 8.88. The molecule has 0 spiro atoms. The van der Waals surface area contributed by atoms with E-state index in [1.165, 1.54) is 10.8 Å². The summed E-state index contributed by atoms with van der Waals surface area (Å²) in [6.07, 6.45) is 0. The summed E-state index contributed by atoms with van der Waals surface area (Å²) in [6, 6.07) is 50.9. The first-order valence-corrected chi connectivity index (χ1v) is 17.0. The Morgan fingerprint density at radius 2 is 0.913 bits per heavy atom. The molecule has 0 saturated carbocycles. The van der Waals surface area contributed by atoms with Crippen molar-refractivity contribution in [1.82, 2.24) is 19.9 Å². The van der Waals surface area contributed by atoms with Crippen molar-refractivity contribution >= 4 is 66.7 Å². The van der Waals surface area contributed by atoms with Gasteiger partial charge in [0.15, 0.2) is 7.14 Å². The highest BCUT2D eigenvalue weighted by molar-refractivity contribution is 7.85. The minimum Gasteiger partial charge on any atom is -0.338 e. The van der Waals surface area contributed by atoms with Gasteiger partial charge in [0.1, 0.15) is 11.6 Å². The van der Waals surface area contributed by atoms with Gasteiger partial charge in [0.2, 0.25) is 0 Å². The molecule has 0 radical (unpaired) electrons. The van der Waals surface area contributed by atoms with E-state index in [1.54, 1.807) is 0 Å². The molecule has 0 saturated heterocycles. The Balaban J connectivity index is 1.18. The van der Waals surface area contributed by atoms with Crippen molar-refractivity contribution < 1.29 is 4.57 Å². The van der Waals surface area contributed by atoms with Crippen LogP contribution in [0.3, 0.4) is 0 Å². The van der Waals surface area contributed by atoms with E-state index in [-0.39, 0.29) is 0 Å². The van der Waals surface area contributed by atoms with Crippen molar-refractivity contribution in [3.05, 3.63) is 152 Å². The number of H-pyrrole nitrogens is 2. The SMILES string of the molecule is O=P(c1ccc(-c2nc3ccccc3[nH]2)cc1)(c1ccc(-c2nc3ccccc3[nH]2)cc1)c1ccc2c(ccc3ccccc32)c1. The molecular formula is C40H27N4OP. The van der Waals surface area contributed by atoms with Crippen molar-refractivity contribution in [2.75, 3.05) is 0 Å². The molecule has 0 unspecified atom stereocenters. The van der Waals surface area contributed by atoms with E-state index >= 15 is 4.57 Å². The van der Waals surface area contributed by atoms with Gasteiger partial charge in [-0.05, 0) is 51.9 Å². The Morgan fingerprint density at radius 3 is 1.50 bits per heavy atom. The number of rotatable bonds is 5. The van der Waals surface area contributed by atoms with E-state index in [0.29, 0.717) is 0 Å². The fraction of sp³-hybridized carbons (Fsp3) is 0. The maximum absolute atomic E-state index is 15.7. The van der Waals surface area contributed by atoms with Gasteiger partial charge in [-0.1, -0.05) is 121 Å². The smallest absolute Gasteiger partial charge is 0.171 e. The molecule has 0 aliphatic rings. The van der Waals surface area contributed by atoms with Crippen LogP contribution in [0.4, 0.5) is 0 Å². The van der Waals surface area contributed by atoms with Gasteiger partial charge in [0, 0.05) is 27.0 Å². The molecule has 46 heavy (non-hydrogen) atoms. The van der Waals surface area contributed by atoms with Gasteiger partial charge < -0.3 is 14.5 Å². The number of hydrogen-bond donors (Lipinski definition) is 2. The molecule has 2 N–H and O–H groups in total. The van der Waals surface area contributed by atoms with Crippen LogP contribution < -0.4 is 15.9 Å². The van der Waals surface area contributed by atoms with E-state index in [1.807, 2.05) is 103 Å². The Hall–Kier alpha value is -5.77. The molecule has 218 valence electrons. The lowest BCUT2D eigenvalue weighted by Gasteiger charge is -2.21. The van der Waals surface area contributed by atoms with Crippen molar-refractivity contribution in [3.63, 3.8) is 0 Å². The van der Waals surface area contributed by atoms with Crippen LogP contribution in [0.5, 0.6) is 0 Å². The Morgan fingerprint density at radius 1 is 0.435 bits per heavy atom. The van der Waals surface area contributed by atoms with Crippen LogP contribution in [0, 0.1) is 0 Å². The highest BCUT2D eigenvalue weighted by atomic mass is 31.2. The number of fused-ring (bicyclic) bond motifs is 5. The number of aromatic nitrogens is 4. The highest BCUT2D eigenvalue weighted by Crippen LogP contribution is 2.44. The number of imidazole rings is 2. The van der Waals surface area contributed by atoms with Gasteiger partial charge in [0.05, 0.1) is 22.1 Å². The molecule has 0 fully saturated rings. The summed E-state index contributed by atoms with van der Waals surface area (Å²) in [5.41, 5.74) is 5.69. The third-order valence-corrected chi connectivity index (χ3v) is 11.9. The average Bonchev–Trinajstić information content (AvgIpc) is 3.76. The van der Waals surface area contributed by atoms with E-state index in [2.05, 4.69) is 58.5 Å². The van der Waals surface area contributed by atoms with Crippen molar-refractivity contribution in [1.29, 1.82) is 0 Å². The Kier molecular flexibility index (Phi) is 6.02. The van der Waals surface area contributed by atoms with Gasteiger partial charge in [-0.15, -0.1) is 0 Å². The molecule has 0 aliphatic carbocycles. The Bertz CT molecular complexity index is 2430. The standard InChI is InChI=1S/C40H27N4OP/c45-46(32-23-24-34-29(25-32)14-13-26-7-1-2-8-33(26)34,30-19-15-27(16-20-30)39-41-35-9-3-4-10-36(35)42-39)31-21-17-28(18-22-31)40-43-37-11-5-6-12-38(37)44-40/h1-25H,(H,41,42)(H,43,44). The highest BCUT2D eigenvalue weighted by Gasteiger charge is 2.30. The lowest BCUT2D eigenvalue weighted by atomic mass is 10.0. The first-order valence-electron chi connectivity index (χ1n) is 15.3. The predicted octanol–water partition coefficient (Wildman–Crippen LogP) is 8.72. The van der Waals surface area contributed by atoms with Gasteiger partial charge in [-0.2, -0.15) is 0 Å². The van der Waals surface area contributed by atoms with Gasteiger partial charge in [0.25, 0.3) is 0 Å². The van der Waals surface area contributed by atoms with Crippen molar-refractivity contribution in [2.24, 2.45) is 0 Å². The lowest BCUT2D eigenvalue weighted by molar-refractivity contribution is 0.592. The van der Waals surface area contributed by atoms with Crippen LogP contribution in [0.1, 0.15) is 0 Å². The topological polar surface area (TPSA) is 74.4 Å². The third kappa shape index (κ3) is 4.28. The quantitative estimate of drug-likeness (QED) is 0.151. The summed E-state index contributed by atoms with van der Waals surface area (Å²) in [6.45, 7) is 0. The molecule has 0 aliphatic heterocycles. The molecule has 6 heteroatoms. The zero-order valence-corrected chi connectivity index (χ0v) is 25.6. The summed E-state index contributed by atoms with van der Waals surface area (Å²) in [5, 5.41) is 6.92. The Labute approximate surface area is 265 Å². The van der Waals surface area contributed by atoms with Gasteiger partial charge in [-0.25, -0.2) is 9.97 Å². The number of aromatic amines is 2. The van der Waals surface area contributed by atoms with Crippen LogP contribution in [-0.2, 0) is 4.57 Å². The maximum atomic E-state index is 15.7. The van der Waals surface area contributed by atoms with Crippen LogP contribution in [-0.4, -0.2) is 19.9 Å². The summed E-state index contributed by atoms with van der Waals surface area (Å²) < 4.78 is 15.7. The van der Waals surface area contributed by atoms with Gasteiger partial charge in [-0.3, -0.25) is 0 Å². The normalized spacial score (nSPS) is 12.0. The summed E-state index contributed by atoms with van der Waals surface area (Å²) in [5.74, 6) is 1.57. The summed E-state index contributed by atoms with van der Waals surface area (Å²) >= 11 is 0. The zero-order chi connectivity index (χ0) is 30.7. The van der Waals surface area contributed by atoms with Crippen LogP contribution in [0.25, 0.3) is 66.4 Å². The zero-order valence-electron chi connectivity index (χ0n) is 24.7. The minimum atomic E-state index is -3.28. The molecule has 0 bridgehead atoms. The second-order valence-corrected chi connectivity index (χ2v) is 14.4. The second kappa shape index (κ2) is 10.4. The number of nitrogens with one attached hydrogen (secondary N) is 2. The fourth-order valence-electron chi connectivity index (χ4n) is 6.48. The molecule has 9 rings (SSSR count). The molecule has 7 aromatic carbocycles. The fourth-order valence-corrected chi connectivity index (χ4v) is 9.12. The summed E-state index contributed by atoms with van der Waals surface area (Å²) in [4.78, 5) is 16.4. The molecule has 2 heterocycles. The average molecular weight is 611 g/mol. The minimum absolute atomic E-state index is 0.768. The number of nitrogens with zero attached hydrogens (tertiary/aromatic N) is 2. The lowest BCUT2D eigenvalue weighted by Crippen LogP contribution is -2.25. The number of benzene rings is 7. The van der Waals surface area contributed by atoms with Crippen LogP contribution >= 0.6 is 7.14 Å². The van der Waals surface area contributed by atoms with E-state index < -0.39 is 7.14 Å². The van der Waals surface area contributed by atoms with Gasteiger partial charge >= 0.3 is 0 Å². The molecule has 0 atom stereocenters. The molecular weight excluding hydrogens is 583 g/mol. The van der Waals surface area contributed by atoms with Crippen molar-refractivity contribution in [3.8, 4) is 22.8 Å². The van der Waals surface area contributed by atoms with Crippen molar-refractivity contribution in [2.45, 2.75) is 0 Å². The van der Waals surface area contributed by atoms with E-state index in [9.17, 15) is 0 Å². The largest absolute Gasteiger partial charge is 0.338 e. The molecule has 5 nitrogen and oxygen atoms in total. The number of para-hydroxylation sites is 4. The molecule has 0 amide bonds. The first kappa shape index (κ1) is 26.6. The molecule has 9 aromatic rings. The van der Waals surface area contributed by atoms with Crippen LogP contribution in [0.2, 0.25) is 0 Å². The monoisotopic (exact) mass is 610 g/mol. The summed E-state index contributed by atoms with van der Waals surface area (Å²) in [7, 11) is -3.28. The van der Waals surface area contributed by atoms with E-state index in [4.69, 9.17) is 9.97 Å². The predicted molar refractivity (Wildman–Crippen MR) is 191 cm³/mol.